The molecule has 0 N–H and O–H groups in total. The third-order valence-corrected chi connectivity index (χ3v) is 5.22. The van der Waals surface area contributed by atoms with Gasteiger partial charge in [-0.1, -0.05) is 18.0 Å². The molecular formula is C21H19ClF3NO5. The molecule has 0 saturated heterocycles. The molecule has 1 aliphatic rings. The summed E-state index contributed by atoms with van der Waals surface area (Å²) < 4.78 is 49.3. The largest absolute Gasteiger partial charge is 0.462 e. The lowest BCUT2D eigenvalue weighted by atomic mass is 9.98. The van der Waals surface area contributed by atoms with Crippen LogP contribution in [0, 0.1) is 10.1 Å². The topological polar surface area (TPSA) is 78.7 Å². The van der Waals surface area contributed by atoms with Gasteiger partial charge in [0.1, 0.15) is 17.6 Å². The zero-order valence-electron chi connectivity index (χ0n) is 16.3. The molecule has 0 amide bonds. The van der Waals surface area contributed by atoms with Gasteiger partial charge in [-0.15, -0.1) is 0 Å². The van der Waals surface area contributed by atoms with E-state index in [2.05, 4.69) is 0 Å². The van der Waals surface area contributed by atoms with Gasteiger partial charge in [0.2, 0.25) is 0 Å². The van der Waals surface area contributed by atoms with Gasteiger partial charge in [-0.05, 0) is 56.0 Å². The summed E-state index contributed by atoms with van der Waals surface area (Å²) in [5, 5.41) is 11.1. The number of rotatable bonds is 6. The second kappa shape index (κ2) is 9.55. The van der Waals surface area contributed by atoms with Gasteiger partial charge in [0.05, 0.1) is 21.9 Å². The fraction of sp³-hybridized carbons (Fsp3) is 0.381. The molecule has 10 heteroatoms. The zero-order valence-corrected chi connectivity index (χ0v) is 17.0. The van der Waals surface area contributed by atoms with Crippen LogP contribution in [-0.4, -0.2) is 17.0 Å². The summed E-state index contributed by atoms with van der Waals surface area (Å²) in [6, 6.07) is 6.33. The maximum absolute atomic E-state index is 12.8. The third kappa shape index (κ3) is 6.10. The van der Waals surface area contributed by atoms with E-state index >= 15 is 0 Å². The molecule has 1 aliphatic carbocycles. The number of nitro benzene ring substituents is 1. The van der Waals surface area contributed by atoms with E-state index in [1.165, 1.54) is 12.1 Å². The predicted octanol–water partition coefficient (Wildman–Crippen LogP) is 6.48. The van der Waals surface area contributed by atoms with Crippen LogP contribution in [-0.2, 0) is 22.1 Å². The minimum absolute atomic E-state index is 0.0562. The molecule has 0 atom stereocenters. The first kappa shape index (κ1) is 22.9. The Balaban J connectivity index is 1.78. The number of nitro groups is 1. The van der Waals surface area contributed by atoms with Crippen molar-refractivity contribution >= 4 is 23.3 Å². The lowest BCUT2D eigenvalue weighted by Crippen LogP contribution is -2.22. The highest BCUT2D eigenvalue weighted by atomic mass is 35.5. The first-order valence-corrected chi connectivity index (χ1v) is 10.0. The normalized spacial score (nSPS) is 14.8. The zero-order chi connectivity index (χ0) is 22.6. The minimum atomic E-state index is -4.55. The SMILES string of the molecule is O=C(Cc1cc(Oc2ccc(C(F)(F)F)cc2Cl)ccc1[N+](=O)[O-])OC1CCCCC1. The molecule has 0 bridgehead atoms. The van der Waals surface area contributed by atoms with Crippen molar-refractivity contribution in [2.24, 2.45) is 0 Å². The number of nitrogens with zero attached hydrogens (tertiary/aromatic N) is 1. The standard InChI is InChI=1S/C21H19ClF3NO5/c22-17-12-14(21(23,24)25)6-9-19(17)30-16-7-8-18(26(28)29)13(10-16)11-20(27)31-15-4-2-1-3-5-15/h6-10,12,15H,1-5,11H2. The Morgan fingerprint density at radius 3 is 2.45 bits per heavy atom. The van der Waals surface area contributed by atoms with Gasteiger partial charge in [0, 0.05) is 11.6 Å². The monoisotopic (exact) mass is 457 g/mol. The first-order valence-electron chi connectivity index (χ1n) is 9.65. The number of hydrogen-bond acceptors (Lipinski definition) is 5. The van der Waals surface area contributed by atoms with Crippen molar-refractivity contribution in [1.82, 2.24) is 0 Å². The van der Waals surface area contributed by atoms with Crippen LogP contribution < -0.4 is 4.74 Å². The molecule has 31 heavy (non-hydrogen) atoms. The Kier molecular flexibility index (Phi) is 7.04. The Labute approximate surface area is 181 Å². The molecule has 0 aliphatic heterocycles. The van der Waals surface area contributed by atoms with Crippen molar-refractivity contribution in [1.29, 1.82) is 0 Å². The van der Waals surface area contributed by atoms with E-state index in [1.807, 2.05) is 0 Å². The highest BCUT2D eigenvalue weighted by molar-refractivity contribution is 6.32. The molecule has 6 nitrogen and oxygen atoms in total. The van der Waals surface area contributed by atoms with Crippen LogP contribution in [0.5, 0.6) is 11.5 Å². The summed E-state index contributed by atoms with van der Waals surface area (Å²) in [7, 11) is 0. The highest BCUT2D eigenvalue weighted by Gasteiger charge is 2.31. The Morgan fingerprint density at radius 2 is 1.84 bits per heavy atom. The maximum atomic E-state index is 12.8. The van der Waals surface area contributed by atoms with Crippen LogP contribution >= 0.6 is 11.6 Å². The quantitative estimate of drug-likeness (QED) is 0.282. The second-order valence-electron chi connectivity index (χ2n) is 7.22. The van der Waals surface area contributed by atoms with E-state index in [4.69, 9.17) is 21.1 Å². The van der Waals surface area contributed by atoms with E-state index in [1.54, 1.807) is 0 Å². The van der Waals surface area contributed by atoms with E-state index in [0.29, 0.717) is 0 Å². The minimum Gasteiger partial charge on any atom is -0.462 e. The van der Waals surface area contributed by atoms with Gasteiger partial charge < -0.3 is 9.47 Å². The number of esters is 1. The maximum Gasteiger partial charge on any atom is 0.416 e. The second-order valence-corrected chi connectivity index (χ2v) is 7.63. The molecule has 2 aromatic rings. The molecular weight excluding hydrogens is 439 g/mol. The van der Waals surface area contributed by atoms with Gasteiger partial charge in [0.15, 0.2) is 0 Å². The van der Waals surface area contributed by atoms with Gasteiger partial charge in [-0.25, -0.2) is 0 Å². The number of hydrogen-bond donors (Lipinski definition) is 0. The molecule has 1 fully saturated rings. The van der Waals surface area contributed by atoms with Crippen LogP contribution in [0.2, 0.25) is 5.02 Å². The van der Waals surface area contributed by atoms with E-state index in [0.717, 1.165) is 56.4 Å². The molecule has 3 rings (SSSR count). The van der Waals surface area contributed by atoms with Gasteiger partial charge in [-0.3, -0.25) is 14.9 Å². The predicted molar refractivity (Wildman–Crippen MR) is 106 cm³/mol. The van der Waals surface area contributed by atoms with Crippen molar-refractivity contribution in [3.63, 3.8) is 0 Å². The number of benzene rings is 2. The number of halogens is 4. The lowest BCUT2D eigenvalue weighted by Gasteiger charge is -2.21. The highest BCUT2D eigenvalue weighted by Crippen LogP contribution is 2.37. The summed E-state index contributed by atoms with van der Waals surface area (Å²) in [6.07, 6.45) is -0.514. The summed E-state index contributed by atoms with van der Waals surface area (Å²) in [4.78, 5) is 23.0. The molecule has 166 valence electrons. The molecule has 0 spiro atoms. The van der Waals surface area contributed by atoms with Crippen LogP contribution in [0.3, 0.4) is 0 Å². The van der Waals surface area contributed by atoms with E-state index < -0.39 is 22.6 Å². The molecule has 1 saturated carbocycles. The Morgan fingerprint density at radius 1 is 1.13 bits per heavy atom. The Hall–Kier alpha value is -2.81. The number of carbonyl (C=O) groups is 1. The molecule has 0 heterocycles. The smallest absolute Gasteiger partial charge is 0.416 e. The molecule has 2 aromatic carbocycles. The number of alkyl halides is 3. The van der Waals surface area contributed by atoms with Gasteiger partial charge in [-0.2, -0.15) is 13.2 Å². The fourth-order valence-corrected chi connectivity index (χ4v) is 3.62. The summed E-state index contributed by atoms with van der Waals surface area (Å²) >= 11 is 5.89. The lowest BCUT2D eigenvalue weighted by molar-refractivity contribution is -0.385. The Bertz CT molecular complexity index is 974. The van der Waals surface area contributed by atoms with Crippen molar-refractivity contribution < 1.29 is 32.4 Å². The average Bonchev–Trinajstić information content (AvgIpc) is 2.69. The van der Waals surface area contributed by atoms with Crippen LogP contribution in [0.1, 0.15) is 43.2 Å². The third-order valence-electron chi connectivity index (χ3n) is 4.92. The summed E-state index contributed by atoms with van der Waals surface area (Å²) in [5.41, 5.74) is -1.14. The number of carbonyl (C=O) groups excluding carboxylic acids is 1. The van der Waals surface area contributed by atoms with Gasteiger partial charge in [0.25, 0.3) is 5.69 Å². The van der Waals surface area contributed by atoms with Crippen LogP contribution in [0.4, 0.5) is 18.9 Å². The fourth-order valence-electron chi connectivity index (χ4n) is 3.40. The number of ether oxygens (including phenoxy) is 2. The van der Waals surface area contributed by atoms with Crippen molar-refractivity contribution in [2.45, 2.75) is 50.8 Å². The van der Waals surface area contributed by atoms with E-state index in [-0.39, 0.29) is 40.3 Å². The summed E-state index contributed by atoms with van der Waals surface area (Å²) in [6.45, 7) is 0. The molecule has 0 radical (unpaired) electrons. The van der Waals surface area contributed by atoms with E-state index in [9.17, 15) is 28.1 Å². The van der Waals surface area contributed by atoms with Gasteiger partial charge >= 0.3 is 12.1 Å². The molecule has 0 unspecified atom stereocenters. The van der Waals surface area contributed by atoms with Crippen molar-refractivity contribution in [3.8, 4) is 11.5 Å². The average molecular weight is 458 g/mol. The summed E-state index contributed by atoms with van der Waals surface area (Å²) in [5.74, 6) is -0.549. The molecule has 0 aromatic heterocycles. The van der Waals surface area contributed by atoms with Crippen LogP contribution in [0.15, 0.2) is 36.4 Å². The van der Waals surface area contributed by atoms with Crippen LogP contribution in [0.25, 0.3) is 0 Å². The van der Waals surface area contributed by atoms with Crippen molar-refractivity contribution in [3.05, 3.63) is 62.7 Å². The van der Waals surface area contributed by atoms with Crippen molar-refractivity contribution in [2.75, 3.05) is 0 Å². The first-order chi connectivity index (χ1) is 14.6.